The number of para-hydroxylation sites is 1. The van der Waals surface area contributed by atoms with Crippen molar-refractivity contribution in [1.29, 1.82) is 0 Å². The molecule has 30 heavy (non-hydrogen) atoms. The molecule has 1 aliphatic rings. The SMILES string of the molecule is CC(=O)N(c1ccccc1)c1nc(COC(=O)CCN2C(=O)NC(C)(C)C2=O)cs1. The van der Waals surface area contributed by atoms with Gasteiger partial charge in [0.15, 0.2) is 5.13 Å². The van der Waals surface area contributed by atoms with Crippen molar-refractivity contribution in [2.45, 2.75) is 39.3 Å². The lowest BCUT2D eigenvalue weighted by molar-refractivity contribution is -0.145. The molecular weight excluding hydrogens is 408 g/mol. The third-order valence-corrected chi connectivity index (χ3v) is 5.30. The number of nitrogens with one attached hydrogen (secondary N) is 1. The number of rotatable bonds is 7. The van der Waals surface area contributed by atoms with Gasteiger partial charge < -0.3 is 10.1 Å². The predicted octanol–water partition coefficient (Wildman–Crippen LogP) is 2.59. The molecule has 10 heteroatoms. The number of benzene rings is 1. The van der Waals surface area contributed by atoms with Crippen LogP contribution >= 0.6 is 11.3 Å². The molecule has 1 aromatic heterocycles. The average molecular weight is 430 g/mol. The second kappa shape index (κ2) is 8.62. The van der Waals surface area contributed by atoms with Crippen LogP contribution < -0.4 is 10.2 Å². The Bertz CT molecular complexity index is 973. The van der Waals surface area contributed by atoms with Gasteiger partial charge in [0.05, 0.1) is 17.8 Å². The fourth-order valence-corrected chi connectivity index (χ4v) is 3.79. The summed E-state index contributed by atoms with van der Waals surface area (Å²) in [6.07, 6.45) is -0.115. The van der Waals surface area contributed by atoms with E-state index < -0.39 is 17.5 Å². The number of hydrogen-bond acceptors (Lipinski definition) is 7. The van der Waals surface area contributed by atoms with E-state index in [1.54, 1.807) is 31.4 Å². The van der Waals surface area contributed by atoms with Gasteiger partial charge >= 0.3 is 12.0 Å². The largest absolute Gasteiger partial charge is 0.459 e. The lowest BCUT2D eigenvalue weighted by atomic mass is 10.1. The maximum absolute atomic E-state index is 12.1. The minimum Gasteiger partial charge on any atom is -0.459 e. The highest BCUT2D eigenvalue weighted by molar-refractivity contribution is 7.14. The Hall–Kier alpha value is -3.27. The molecule has 0 saturated carbocycles. The highest BCUT2D eigenvalue weighted by atomic mass is 32.1. The second-order valence-electron chi connectivity index (χ2n) is 7.23. The van der Waals surface area contributed by atoms with E-state index in [-0.39, 0.29) is 31.4 Å². The van der Waals surface area contributed by atoms with E-state index in [0.29, 0.717) is 16.5 Å². The van der Waals surface area contributed by atoms with E-state index >= 15 is 0 Å². The van der Waals surface area contributed by atoms with Crippen LogP contribution in [0.4, 0.5) is 15.6 Å². The van der Waals surface area contributed by atoms with Crippen LogP contribution in [0.1, 0.15) is 32.9 Å². The molecule has 4 amide bonds. The zero-order valence-corrected chi connectivity index (χ0v) is 17.7. The third-order valence-electron chi connectivity index (χ3n) is 4.43. The van der Waals surface area contributed by atoms with E-state index in [0.717, 1.165) is 4.90 Å². The Balaban J connectivity index is 1.55. The zero-order chi connectivity index (χ0) is 21.9. The summed E-state index contributed by atoms with van der Waals surface area (Å²) in [5.41, 5.74) is 0.223. The highest BCUT2D eigenvalue weighted by Gasteiger charge is 2.44. The fraction of sp³-hybridized carbons (Fsp3) is 0.350. The minimum atomic E-state index is -0.973. The van der Waals surface area contributed by atoms with Gasteiger partial charge in [0.2, 0.25) is 5.91 Å². The Morgan fingerprint density at radius 3 is 2.53 bits per heavy atom. The lowest BCUT2D eigenvalue weighted by Gasteiger charge is -2.17. The number of anilines is 2. The Kier molecular flexibility index (Phi) is 6.16. The van der Waals surface area contributed by atoms with Gasteiger partial charge in [-0.1, -0.05) is 18.2 Å². The van der Waals surface area contributed by atoms with Crippen LogP contribution in [0.25, 0.3) is 0 Å². The number of carbonyl (C=O) groups excluding carboxylic acids is 4. The van der Waals surface area contributed by atoms with Gasteiger partial charge in [-0.15, -0.1) is 11.3 Å². The molecule has 0 atom stereocenters. The molecule has 9 nitrogen and oxygen atoms in total. The third kappa shape index (κ3) is 4.65. The van der Waals surface area contributed by atoms with Crippen molar-refractivity contribution >= 4 is 46.0 Å². The summed E-state index contributed by atoms with van der Waals surface area (Å²) in [6.45, 7) is 4.53. The summed E-state index contributed by atoms with van der Waals surface area (Å²) in [6, 6.07) is 8.60. The molecule has 0 unspecified atom stereocenters. The van der Waals surface area contributed by atoms with Crippen LogP contribution in [0.2, 0.25) is 0 Å². The van der Waals surface area contributed by atoms with Crippen LogP contribution in [0.5, 0.6) is 0 Å². The number of hydrogen-bond donors (Lipinski definition) is 1. The van der Waals surface area contributed by atoms with Gasteiger partial charge in [-0.3, -0.25) is 24.2 Å². The van der Waals surface area contributed by atoms with Crippen molar-refractivity contribution in [2.24, 2.45) is 0 Å². The number of imide groups is 1. The predicted molar refractivity (Wildman–Crippen MR) is 110 cm³/mol. The van der Waals surface area contributed by atoms with Crippen molar-refractivity contribution in [2.75, 3.05) is 11.4 Å². The summed E-state index contributed by atoms with van der Waals surface area (Å²) >= 11 is 1.26. The monoisotopic (exact) mass is 430 g/mol. The van der Waals surface area contributed by atoms with Crippen molar-refractivity contribution in [3.8, 4) is 0 Å². The number of carbonyl (C=O) groups is 4. The van der Waals surface area contributed by atoms with Gasteiger partial charge in [-0.2, -0.15) is 0 Å². The smallest absolute Gasteiger partial charge is 0.325 e. The van der Waals surface area contributed by atoms with Gasteiger partial charge in [-0.05, 0) is 26.0 Å². The van der Waals surface area contributed by atoms with Crippen LogP contribution in [-0.2, 0) is 25.7 Å². The molecular formula is C20H22N4O5S. The van der Waals surface area contributed by atoms with Crippen LogP contribution in [0.15, 0.2) is 35.7 Å². The number of ether oxygens (including phenoxy) is 1. The molecule has 0 spiro atoms. The van der Waals surface area contributed by atoms with Crippen molar-refractivity contribution < 1.29 is 23.9 Å². The Labute approximate surface area is 177 Å². The first kappa shape index (κ1) is 21.4. The summed E-state index contributed by atoms with van der Waals surface area (Å²) < 4.78 is 5.20. The molecule has 0 aliphatic carbocycles. The molecule has 3 rings (SSSR count). The van der Waals surface area contributed by atoms with Crippen LogP contribution in [0.3, 0.4) is 0 Å². The molecule has 0 bridgehead atoms. The van der Waals surface area contributed by atoms with Gasteiger partial charge in [-0.25, -0.2) is 9.78 Å². The first-order valence-corrected chi connectivity index (χ1v) is 10.2. The number of amides is 4. The Morgan fingerprint density at radius 2 is 1.93 bits per heavy atom. The molecule has 1 aromatic carbocycles. The van der Waals surface area contributed by atoms with Crippen molar-refractivity contribution in [1.82, 2.24) is 15.2 Å². The number of esters is 1. The Morgan fingerprint density at radius 1 is 1.23 bits per heavy atom. The normalized spacial score (nSPS) is 15.1. The standard InChI is InChI=1S/C20H22N4O5S/c1-13(25)24(15-7-5-4-6-8-15)19-21-14(12-30-19)11-29-16(26)9-10-23-17(27)20(2,3)22-18(23)28/h4-8,12H,9-11H2,1-3H3,(H,22,28). The van der Waals surface area contributed by atoms with Gasteiger partial charge in [0.1, 0.15) is 12.1 Å². The molecule has 2 aromatic rings. The number of aromatic nitrogens is 1. The van der Waals surface area contributed by atoms with E-state index in [1.165, 1.54) is 23.2 Å². The first-order valence-electron chi connectivity index (χ1n) is 9.29. The second-order valence-corrected chi connectivity index (χ2v) is 8.07. The molecule has 158 valence electrons. The zero-order valence-electron chi connectivity index (χ0n) is 16.9. The van der Waals surface area contributed by atoms with Crippen molar-refractivity contribution in [3.05, 3.63) is 41.4 Å². The maximum Gasteiger partial charge on any atom is 0.325 e. The fourth-order valence-electron chi connectivity index (χ4n) is 2.92. The van der Waals surface area contributed by atoms with E-state index in [9.17, 15) is 19.2 Å². The lowest BCUT2D eigenvalue weighted by Crippen LogP contribution is -2.40. The summed E-state index contributed by atoms with van der Waals surface area (Å²) in [5.74, 6) is -1.12. The number of thiazole rings is 1. The minimum absolute atomic E-state index is 0.0542. The highest BCUT2D eigenvalue weighted by Crippen LogP contribution is 2.29. The average Bonchev–Trinajstić information content (AvgIpc) is 3.22. The van der Waals surface area contributed by atoms with Crippen LogP contribution in [-0.4, -0.2) is 45.8 Å². The van der Waals surface area contributed by atoms with Crippen molar-refractivity contribution in [3.63, 3.8) is 0 Å². The van der Waals surface area contributed by atoms with Gasteiger partial charge in [0, 0.05) is 18.8 Å². The number of urea groups is 1. The summed E-state index contributed by atoms with van der Waals surface area (Å²) in [7, 11) is 0. The summed E-state index contributed by atoms with van der Waals surface area (Å²) in [5, 5.41) is 4.74. The van der Waals surface area contributed by atoms with E-state index in [1.807, 2.05) is 18.2 Å². The molecule has 1 aliphatic heterocycles. The quantitative estimate of drug-likeness (QED) is 0.534. The summed E-state index contributed by atoms with van der Waals surface area (Å²) in [4.78, 5) is 54.9. The molecule has 1 saturated heterocycles. The maximum atomic E-state index is 12.1. The van der Waals surface area contributed by atoms with E-state index in [4.69, 9.17) is 4.74 Å². The van der Waals surface area contributed by atoms with Crippen LogP contribution in [0, 0.1) is 0 Å². The van der Waals surface area contributed by atoms with Gasteiger partial charge in [0.25, 0.3) is 5.91 Å². The topological polar surface area (TPSA) is 109 Å². The molecule has 0 radical (unpaired) electrons. The molecule has 1 N–H and O–H groups in total. The first-order chi connectivity index (χ1) is 14.2. The van der Waals surface area contributed by atoms with E-state index in [2.05, 4.69) is 10.3 Å². The number of nitrogens with zero attached hydrogens (tertiary/aromatic N) is 3. The molecule has 1 fully saturated rings. The molecule has 2 heterocycles.